The third-order valence-electron chi connectivity index (χ3n) is 2.84. The average Bonchev–Trinajstić information content (AvgIpc) is 2.91. The van der Waals surface area contributed by atoms with E-state index in [-0.39, 0.29) is 6.10 Å². The first-order valence-corrected chi connectivity index (χ1v) is 6.91. The highest BCUT2D eigenvalue weighted by Crippen LogP contribution is 2.20. The lowest BCUT2D eigenvalue weighted by Crippen LogP contribution is -2.39. The Hall–Kier alpha value is -1.40. The maximum atomic E-state index is 11.7. The molecule has 19 heavy (non-hydrogen) atoms. The first kappa shape index (κ1) is 14.0. The predicted molar refractivity (Wildman–Crippen MR) is 74.8 cm³/mol. The van der Waals surface area contributed by atoms with Crippen molar-refractivity contribution < 1.29 is 14.3 Å². The van der Waals surface area contributed by atoms with E-state index >= 15 is 0 Å². The van der Waals surface area contributed by atoms with Crippen molar-refractivity contribution in [1.29, 1.82) is 0 Å². The van der Waals surface area contributed by atoms with Crippen molar-refractivity contribution >= 4 is 33.4 Å². The van der Waals surface area contributed by atoms with Gasteiger partial charge in [-0.25, -0.2) is 0 Å². The van der Waals surface area contributed by atoms with E-state index < -0.39 is 11.8 Å². The number of carbonyl (C=O) groups excluding carboxylic acids is 2. The third-order valence-corrected chi connectivity index (χ3v) is 3.53. The van der Waals surface area contributed by atoms with Crippen LogP contribution in [0, 0.1) is 0 Å². The average molecular weight is 327 g/mol. The molecule has 6 heteroatoms. The van der Waals surface area contributed by atoms with Crippen LogP contribution in [0.3, 0.4) is 0 Å². The molecule has 0 radical (unpaired) electrons. The molecule has 2 N–H and O–H groups in total. The van der Waals surface area contributed by atoms with Crippen LogP contribution >= 0.6 is 15.9 Å². The normalized spacial score (nSPS) is 18.1. The topological polar surface area (TPSA) is 67.4 Å². The number of hydrogen-bond donors (Lipinski definition) is 2. The molecule has 0 aromatic heterocycles. The molecule has 0 spiro atoms. The van der Waals surface area contributed by atoms with Gasteiger partial charge in [0.05, 0.1) is 11.8 Å². The summed E-state index contributed by atoms with van der Waals surface area (Å²) < 4.78 is 6.10. The lowest BCUT2D eigenvalue weighted by atomic mass is 10.2. The minimum absolute atomic E-state index is 0.0280. The van der Waals surface area contributed by atoms with Gasteiger partial charge in [0.2, 0.25) is 0 Å². The van der Waals surface area contributed by atoms with Gasteiger partial charge in [-0.3, -0.25) is 9.59 Å². The molecule has 1 aliphatic heterocycles. The number of hydrogen-bond acceptors (Lipinski definition) is 3. The molecule has 0 saturated carbocycles. The van der Waals surface area contributed by atoms with Crippen LogP contribution in [0.25, 0.3) is 0 Å². The Morgan fingerprint density at radius 1 is 1.32 bits per heavy atom. The van der Waals surface area contributed by atoms with Crippen LogP contribution in [-0.2, 0) is 14.3 Å². The van der Waals surface area contributed by atoms with Crippen molar-refractivity contribution in [2.24, 2.45) is 0 Å². The number of halogens is 1. The second-order valence-electron chi connectivity index (χ2n) is 4.28. The fraction of sp³-hybridized carbons (Fsp3) is 0.385. The number of carbonyl (C=O) groups is 2. The molecule has 1 saturated heterocycles. The molecule has 1 aliphatic rings. The van der Waals surface area contributed by atoms with Crippen LogP contribution in [0.5, 0.6) is 0 Å². The summed E-state index contributed by atoms with van der Waals surface area (Å²) in [4.78, 5) is 23.3. The Balaban J connectivity index is 1.82. The summed E-state index contributed by atoms with van der Waals surface area (Å²) in [5.74, 6) is -1.32. The Bertz CT molecular complexity index is 473. The standard InChI is InChI=1S/C13H15BrN2O3/c14-10-5-1-2-6-11(10)16-13(18)12(17)15-8-9-4-3-7-19-9/h1-2,5-6,9H,3-4,7-8H2,(H,15,17)(H,16,18). The van der Waals surface area contributed by atoms with Crippen molar-refractivity contribution in [3.8, 4) is 0 Å². The summed E-state index contributed by atoms with van der Waals surface area (Å²) in [5, 5.41) is 5.12. The van der Waals surface area contributed by atoms with E-state index in [4.69, 9.17) is 4.74 Å². The Morgan fingerprint density at radius 2 is 2.11 bits per heavy atom. The van der Waals surface area contributed by atoms with Gasteiger partial charge in [0, 0.05) is 17.6 Å². The van der Waals surface area contributed by atoms with E-state index in [0.29, 0.717) is 12.2 Å². The van der Waals surface area contributed by atoms with E-state index in [1.807, 2.05) is 6.07 Å². The quantitative estimate of drug-likeness (QED) is 0.830. The monoisotopic (exact) mass is 326 g/mol. The van der Waals surface area contributed by atoms with Crippen LogP contribution < -0.4 is 10.6 Å². The summed E-state index contributed by atoms with van der Waals surface area (Å²) in [6.07, 6.45) is 1.95. The number of anilines is 1. The lowest BCUT2D eigenvalue weighted by Gasteiger charge is -2.11. The van der Waals surface area contributed by atoms with Crippen LogP contribution in [0.4, 0.5) is 5.69 Å². The first-order chi connectivity index (χ1) is 9.16. The predicted octanol–water partition coefficient (Wildman–Crippen LogP) is 1.68. The molecule has 1 atom stereocenters. The fourth-order valence-electron chi connectivity index (χ4n) is 1.83. The maximum Gasteiger partial charge on any atom is 0.313 e. The van der Waals surface area contributed by atoms with Crippen molar-refractivity contribution in [2.75, 3.05) is 18.5 Å². The van der Waals surface area contributed by atoms with Crippen LogP contribution in [0.15, 0.2) is 28.7 Å². The summed E-state index contributed by atoms with van der Waals surface area (Å²) in [6, 6.07) is 7.12. The van der Waals surface area contributed by atoms with Crippen molar-refractivity contribution in [1.82, 2.24) is 5.32 Å². The molecular weight excluding hydrogens is 312 g/mol. The summed E-state index contributed by atoms with van der Waals surface area (Å²) in [6.45, 7) is 1.10. The lowest BCUT2D eigenvalue weighted by molar-refractivity contribution is -0.136. The van der Waals surface area contributed by atoms with Gasteiger partial charge in [0.15, 0.2) is 0 Å². The zero-order valence-electron chi connectivity index (χ0n) is 10.3. The second kappa shape index (κ2) is 6.68. The SMILES string of the molecule is O=C(NCC1CCCO1)C(=O)Nc1ccccc1Br. The van der Waals surface area contributed by atoms with Gasteiger partial charge in [-0.05, 0) is 40.9 Å². The molecule has 0 aliphatic carbocycles. The summed E-state index contributed by atoms with van der Waals surface area (Å²) >= 11 is 3.30. The van der Waals surface area contributed by atoms with Crippen LogP contribution in [-0.4, -0.2) is 31.1 Å². The number of nitrogens with one attached hydrogen (secondary N) is 2. The molecule has 0 bridgehead atoms. The Kier molecular flexibility index (Phi) is 4.93. The molecule has 1 unspecified atom stereocenters. The molecule has 2 amide bonds. The van der Waals surface area contributed by atoms with Crippen molar-refractivity contribution in [3.63, 3.8) is 0 Å². The molecule has 102 valence electrons. The molecular formula is C13H15BrN2O3. The number of amides is 2. The van der Waals surface area contributed by atoms with Gasteiger partial charge >= 0.3 is 11.8 Å². The van der Waals surface area contributed by atoms with Gasteiger partial charge in [-0.2, -0.15) is 0 Å². The van der Waals surface area contributed by atoms with Gasteiger partial charge in [-0.15, -0.1) is 0 Å². The number of benzene rings is 1. The molecule has 1 aromatic carbocycles. The molecule has 2 rings (SSSR count). The minimum atomic E-state index is -0.676. The van der Waals surface area contributed by atoms with Crippen LogP contribution in [0.1, 0.15) is 12.8 Å². The van der Waals surface area contributed by atoms with Gasteiger partial charge < -0.3 is 15.4 Å². The highest BCUT2D eigenvalue weighted by atomic mass is 79.9. The van der Waals surface area contributed by atoms with E-state index in [1.54, 1.807) is 18.2 Å². The van der Waals surface area contributed by atoms with Gasteiger partial charge in [0.1, 0.15) is 0 Å². The smallest absolute Gasteiger partial charge is 0.313 e. The van der Waals surface area contributed by atoms with E-state index in [2.05, 4.69) is 26.6 Å². The first-order valence-electron chi connectivity index (χ1n) is 6.12. The Morgan fingerprint density at radius 3 is 2.79 bits per heavy atom. The highest BCUT2D eigenvalue weighted by molar-refractivity contribution is 9.10. The Labute approximate surface area is 119 Å². The van der Waals surface area contributed by atoms with Crippen molar-refractivity contribution in [3.05, 3.63) is 28.7 Å². The molecule has 1 fully saturated rings. The van der Waals surface area contributed by atoms with Crippen LogP contribution in [0.2, 0.25) is 0 Å². The minimum Gasteiger partial charge on any atom is -0.376 e. The van der Waals surface area contributed by atoms with E-state index in [9.17, 15) is 9.59 Å². The number of rotatable bonds is 3. The van der Waals surface area contributed by atoms with Crippen molar-refractivity contribution in [2.45, 2.75) is 18.9 Å². The maximum absolute atomic E-state index is 11.7. The number of para-hydroxylation sites is 1. The van der Waals surface area contributed by atoms with E-state index in [0.717, 1.165) is 23.9 Å². The zero-order valence-corrected chi connectivity index (χ0v) is 11.9. The molecule has 1 aromatic rings. The third kappa shape index (κ3) is 4.04. The largest absolute Gasteiger partial charge is 0.376 e. The summed E-state index contributed by atoms with van der Waals surface area (Å²) in [5.41, 5.74) is 0.569. The highest BCUT2D eigenvalue weighted by Gasteiger charge is 2.19. The molecule has 1 heterocycles. The van der Waals surface area contributed by atoms with Gasteiger partial charge in [-0.1, -0.05) is 12.1 Å². The fourth-order valence-corrected chi connectivity index (χ4v) is 2.22. The van der Waals surface area contributed by atoms with E-state index in [1.165, 1.54) is 0 Å². The molecule has 5 nitrogen and oxygen atoms in total. The number of ether oxygens (including phenoxy) is 1. The summed E-state index contributed by atoms with van der Waals surface area (Å²) in [7, 11) is 0. The zero-order chi connectivity index (χ0) is 13.7. The van der Waals surface area contributed by atoms with Gasteiger partial charge in [0.25, 0.3) is 0 Å². The second-order valence-corrected chi connectivity index (χ2v) is 5.13.